The minimum absolute atomic E-state index is 0.139. The monoisotopic (exact) mass is 352 g/mol. The third-order valence-electron chi connectivity index (χ3n) is 2.08. The molecule has 1 amide bonds. The molecule has 0 saturated heterocycles. The van der Waals surface area contributed by atoms with Crippen LogP contribution in [0.3, 0.4) is 0 Å². The van der Waals surface area contributed by atoms with Crippen molar-refractivity contribution < 1.29 is 23.1 Å². The highest BCUT2D eigenvalue weighted by Crippen LogP contribution is 2.27. The van der Waals surface area contributed by atoms with E-state index in [1.54, 1.807) is 0 Å². The van der Waals surface area contributed by atoms with Crippen molar-refractivity contribution in [3.8, 4) is 5.75 Å². The third kappa shape index (κ3) is 2.71. The SMILES string of the molecule is O=C(Nc1ncc(Br)s1)c1cc(F)c(F)c(O)c1F. The summed E-state index contributed by atoms with van der Waals surface area (Å²) in [4.78, 5) is 15.4. The number of nitrogens with one attached hydrogen (secondary N) is 1. The summed E-state index contributed by atoms with van der Waals surface area (Å²) >= 11 is 4.16. The first-order chi connectivity index (χ1) is 8.90. The van der Waals surface area contributed by atoms with Gasteiger partial charge in [0.15, 0.2) is 22.5 Å². The zero-order chi connectivity index (χ0) is 14.2. The van der Waals surface area contributed by atoms with E-state index >= 15 is 0 Å². The van der Waals surface area contributed by atoms with Gasteiger partial charge in [-0.15, -0.1) is 0 Å². The fourth-order valence-corrected chi connectivity index (χ4v) is 2.33. The molecule has 0 fully saturated rings. The average molecular weight is 353 g/mol. The number of aromatic nitrogens is 1. The number of rotatable bonds is 2. The Bertz CT molecular complexity index is 662. The molecule has 0 spiro atoms. The van der Waals surface area contributed by atoms with Crippen LogP contribution in [-0.2, 0) is 0 Å². The van der Waals surface area contributed by atoms with E-state index in [2.05, 4.69) is 26.2 Å². The van der Waals surface area contributed by atoms with Crippen LogP contribution in [-0.4, -0.2) is 16.0 Å². The predicted molar refractivity (Wildman–Crippen MR) is 65.7 cm³/mol. The van der Waals surface area contributed by atoms with Crippen molar-refractivity contribution in [1.29, 1.82) is 0 Å². The predicted octanol–water partition coefficient (Wildman–Crippen LogP) is 3.28. The summed E-state index contributed by atoms with van der Waals surface area (Å²) in [6.07, 6.45) is 1.40. The highest BCUT2D eigenvalue weighted by Gasteiger charge is 2.23. The zero-order valence-corrected chi connectivity index (χ0v) is 11.3. The molecule has 2 N–H and O–H groups in total. The summed E-state index contributed by atoms with van der Waals surface area (Å²) < 4.78 is 40.0. The van der Waals surface area contributed by atoms with Gasteiger partial charge in [-0.2, -0.15) is 4.39 Å². The van der Waals surface area contributed by atoms with Crippen molar-refractivity contribution in [2.45, 2.75) is 0 Å². The molecule has 0 aliphatic rings. The topological polar surface area (TPSA) is 62.2 Å². The molecular formula is C10H4BrF3N2O2S. The number of benzene rings is 1. The fraction of sp³-hybridized carbons (Fsp3) is 0. The van der Waals surface area contributed by atoms with Gasteiger partial charge in [-0.1, -0.05) is 11.3 Å². The Morgan fingerprint density at radius 1 is 1.37 bits per heavy atom. The maximum atomic E-state index is 13.5. The maximum Gasteiger partial charge on any atom is 0.260 e. The van der Waals surface area contributed by atoms with Crippen molar-refractivity contribution in [2.75, 3.05) is 5.32 Å². The van der Waals surface area contributed by atoms with Crippen molar-refractivity contribution >= 4 is 38.3 Å². The van der Waals surface area contributed by atoms with Crippen LogP contribution in [0.4, 0.5) is 18.3 Å². The Morgan fingerprint density at radius 3 is 2.63 bits per heavy atom. The van der Waals surface area contributed by atoms with E-state index in [4.69, 9.17) is 5.11 Å². The number of nitrogens with zero attached hydrogens (tertiary/aromatic N) is 1. The number of hydrogen-bond donors (Lipinski definition) is 2. The summed E-state index contributed by atoms with van der Waals surface area (Å²) in [6.45, 7) is 0. The summed E-state index contributed by atoms with van der Waals surface area (Å²) in [5.74, 6) is -7.39. The molecule has 0 bridgehead atoms. The number of phenols is 1. The molecule has 4 nitrogen and oxygen atoms in total. The number of halogens is 4. The van der Waals surface area contributed by atoms with E-state index in [0.29, 0.717) is 9.85 Å². The smallest absolute Gasteiger partial charge is 0.260 e. The molecule has 0 radical (unpaired) electrons. The second-order valence-electron chi connectivity index (χ2n) is 3.31. The van der Waals surface area contributed by atoms with Crippen molar-refractivity contribution in [3.05, 3.63) is 39.1 Å². The van der Waals surface area contributed by atoms with Crippen LogP contribution in [0, 0.1) is 17.5 Å². The van der Waals surface area contributed by atoms with Crippen molar-refractivity contribution in [3.63, 3.8) is 0 Å². The minimum atomic E-state index is -1.74. The molecule has 2 aromatic rings. The second kappa shape index (κ2) is 5.17. The third-order valence-corrected chi connectivity index (χ3v) is 3.47. The lowest BCUT2D eigenvalue weighted by Gasteiger charge is -2.06. The number of carbonyl (C=O) groups is 1. The van der Waals surface area contributed by atoms with Crippen LogP contribution < -0.4 is 5.32 Å². The van der Waals surface area contributed by atoms with Gasteiger partial charge in [0.05, 0.1) is 15.5 Å². The van der Waals surface area contributed by atoms with E-state index in [1.165, 1.54) is 6.20 Å². The van der Waals surface area contributed by atoms with Crippen LogP contribution >= 0.6 is 27.3 Å². The molecule has 0 aliphatic heterocycles. The molecule has 19 heavy (non-hydrogen) atoms. The first kappa shape index (κ1) is 13.8. The van der Waals surface area contributed by atoms with E-state index in [1.807, 2.05) is 0 Å². The molecule has 1 aromatic heterocycles. The molecule has 0 aliphatic carbocycles. The number of aromatic hydroxyl groups is 1. The second-order valence-corrected chi connectivity index (χ2v) is 5.72. The molecule has 2 rings (SSSR count). The normalized spacial score (nSPS) is 10.5. The van der Waals surface area contributed by atoms with Crippen molar-refractivity contribution in [1.82, 2.24) is 4.98 Å². The van der Waals surface area contributed by atoms with E-state index in [-0.39, 0.29) is 5.13 Å². The quantitative estimate of drug-likeness (QED) is 0.815. The zero-order valence-electron chi connectivity index (χ0n) is 8.88. The number of hydrogen-bond acceptors (Lipinski definition) is 4. The standard InChI is InChI=1S/C10H4BrF3N2O2S/c11-5-2-15-10(19-5)16-9(18)3-1-4(12)7(14)8(17)6(3)13/h1-2,17H,(H,15,16,18). The highest BCUT2D eigenvalue weighted by atomic mass is 79.9. The van der Waals surface area contributed by atoms with E-state index in [9.17, 15) is 18.0 Å². The van der Waals surface area contributed by atoms with Crippen LogP contribution in [0.25, 0.3) is 0 Å². The number of phenolic OH excluding ortho intramolecular Hbond substituents is 1. The van der Waals surface area contributed by atoms with E-state index < -0.39 is 34.7 Å². The van der Waals surface area contributed by atoms with Gasteiger partial charge in [-0.25, -0.2) is 13.8 Å². The molecular weight excluding hydrogens is 349 g/mol. The first-order valence-electron chi connectivity index (χ1n) is 4.69. The first-order valence-corrected chi connectivity index (χ1v) is 6.30. The lowest BCUT2D eigenvalue weighted by molar-refractivity contribution is 0.102. The summed E-state index contributed by atoms with van der Waals surface area (Å²) in [7, 11) is 0. The molecule has 1 heterocycles. The fourth-order valence-electron chi connectivity index (χ4n) is 1.23. The summed E-state index contributed by atoms with van der Waals surface area (Å²) in [5.41, 5.74) is -0.817. The lowest BCUT2D eigenvalue weighted by Crippen LogP contribution is -2.14. The van der Waals surface area contributed by atoms with Gasteiger partial charge in [-0.05, 0) is 22.0 Å². The Kier molecular flexibility index (Phi) is 3.76. The van der Waals surface area contributed by atoms with Gasteiger partial charge in [0.2, 0.25) is 5.82 Å². The largest absolute Gasteiger partial charge is 0.503 e. The molecule has 1 aromatic carbocycles. The Balaban J connectivity index is 2.34. The van der Waals surface area contributed by atoms with Gasteiger partial charge in [0, 0.05) is 0 Å². The summed E-state index contributed by atoms with van der Waals surface area (Å²) in [5, 5.41) is 11.3. The number of amides is 1. The molecule has 9 heteroatoms. The molecule has 0 unspecified atom stereocenters. The number of carbonyl (C=O) groups excluding carboxylic acids is 1. The maximum absolute atomic E-state index is 13.5. The van der Waals surface area contributed by atoms with Gasteiger partial charge in [0.25, 0.3) is 5.91 Å². The molecule has 100 valence electrons. The Morgan fingerprint density at radius 2 is 2.05 bits per heavy atom. The summed E-state index contributed by atoms with van der Waals surface area (Å²) in [6, 6.07) is 0.363. The Hall–Kier alpha value is -1.61. The van der Waals surface area contributed by atoms with Gasteiger partial charge in [0.1, 0.15) is 0 Å². The number of thiazole rings is 1. The molecule has 0 atom stereocenters. The minimum Gasteiger partial charge on any atom is -0.503 e. The van der Waals surface area contributed by atoms with E-state index in [0.717, 1.165) is 11.3 Å². The average Bonchev–Trinajstić information content (AvgIpc) is 2.76. The van der Waals surface area contributed by atoms with Crippen LogP contribution in [0.5, 0.6) is 5.75 Å². The van der Waals surface area contributed by atoms with Crippen LogP contribution in [0.15, 0.2) is 16.0 Å². The van der Waals surface area contributed by atoms with Crippen LogP contribution in [0.1, 0.15) is 10.4 Å². The van der Waals surface area contributed by atoms with Gasteiger partial charge < -0.3 is 5.11 Å². The van der Waals surface area contributed by atoms with Gasteiger partial charge in [-0.3, -0.25) is 10.1 Å². The molecule has 0 saturated carbocycles. The van der Waals surface area contributed by atoms with Crippen LogP contribution in [0.2, 0.25) is 0 Å². The highest BCUT2D eigenvalue weighted by molar-refractivity contribution is 9.11. The van der Waals surface area contributed by atoms with Gasteiger partial charge >= 0.3 is 0 Å². The number of anilines is 1. The lowest BCUT2D eigenvalue weighted by atomic mass is 10.1. The Labute approximate surface area is 117 Å². The van der Waals surface area contributed by atoms with Crippen molar-refractivity contribution in [2.24, 2.45) is 0 Å².